The fourth-order valence-electron chi connectivity index (χ4n) is 1.89. The van der Waals surface area contributed by atoms with E-state index in [-0.39, 0.29) is 17.7 Å². The molecule has 0 aliphatic rings. The second kappa shape index (κ2) is 6.97. The molecule has 112 valence electrons. The van der Waals surface area contributed by atoms with Crippen molar-refractivity contribution >= 4 is 5.69 Å². The molecule has 0 fully saturated rings. The first-order valence-electron chi connectivity index (χ1n) is 7.06. The van der Waals surface area contributed by atoms with E-state index in [0.717, 1.165) is 17.9 Å². The summed E-state index contributed by atoms with van der Waals surface area (Å²) in [4.78, 5) is 0. The van der Waals surface area contributed by atoms with Crippen LogP contribution in [-0.4, -0.2) is 11.2 Å². The molecule has 1 atom stereocenters. The van der Waals surface area contributed by atoms with Crippen molar-refractivity contribution < 1.29 is 14.2 Å². The zero-order valence-electron chi connectivity index (χ0n) is 12.3. The number of hydrogen-bond acceptors (Lipinski definition) is 3. The van der Waals surface area contributed by atoms with Crippen LogP contribution in [0.5, 0.6) is 11.5 Å². The summed E-state index contributed by atoms with van der Waals surface area (Å²) in [6.07, 6.45) is 1.10. The van der Waals surface area contributed by atoms with E-state index < -0.39 is 0 Å². The molecule has 2 rings (SSSR count). The highest BCUT2D eigenvalue weighted by Gasteiger charge is 2.05. The van der Waals surface area contributed by atoms with Gasteiger partial charge in [-0.15, -0.1) is 0 Å². The lowest BCUT2D eigenvalue weighted by atomic mass is 10.2. The quantitative estimate of drug-likeness (QED) is 0.832. The molecule has 0 spiro atoms. The summed E-state index contributed by atoms with van der Waals surface area (Å²) in [7, 11) is 0. The normalized spacial score (nSPS) is 12.0. The minimum Gasteiger partial charge on any atom is -0.508 e. The number of aromatic hydroxyl groups is 1. The number of hydrogen-bond donors (Lipinski definition) is 2. The summed E-state index contributed by atoms with van der Waals surface area (Å²) in [6.45, 7) is 4.43. The van der Waals surface area contributed by atoms with Gasteiger partial charge in [-0.1, -0.05) is 13.0 Å². The lowest BCUT2D eigenvalue weighted by Gasteiger charge is -2.14. The van der Waals surface area contributed by atoms with Gasteiger partial charge in [0.2, 0.25) is 0 Å². The molecule has 0 heterocycles. The largest absolute Gasteiger partial charge is 0.508 e. The van der Waals surface area contributed by atoms with Crippen molar-refractivity contribution in [2.45, 2.75) is 32.9 Å². The number of ether oxygens (including phenoxy) is 1. The van der Waals surface area contributed by atoms with Crippen molar-refractivity contribution in [3.63, 3.8) is 0 Å². The minimum atomic E-state index is -0.363. The number of phenolic OH excluding ortho intramolecular Hbond substituents is 1. The first-order valence-corrected chi connectivity index (χ1v) is 7.06. The highest BCUT2D eigenvalue weighted by molar-refractivity contribution is 5.49. The van der Waals surface area contributed by atoms with Crippen LogP contribution >= 0.6 is 0 Å². The van der Waals surface area contributed by atoms with Crippen molar-refractivity contribution in [1.82, 2.24) is 0 Å². The van der Waals surface area contributed by atoms with E-state index in [9.17, 15) is 9.50 Å². The van der Waals surface area contributed by atoms with Crippen molar-refractivity contribution in [3.05, 3.63) is 53.8 Å². The predicted molar refractivity (Wildman–Crippen MR) is 82.2 cm³/mol. The van der Waals surface area contributed by atoms with Gasteiger partial charge in [-0.3, -0.25) is 0 Å². The molecular weight excluding hydrogens is 269 g/mol. The molecule has 2 aromatic carbocycles. The molecule has 3 nitrogen and oxygen atoms in total. The Labute approximate surface area is 124 Å². The Morgan fingerprint density at radius 2 is 2.05 bits per heavy atom. The van der Waals surface area contributed by atoms with Crippen molar-refractivity contribution in [1.29, 1.82) is 0 Å². The van der Waals surface area contributed by atoms with E-state index in [2.05, 4.69) is 12.2 Å². The molecule has 0 aliphatic heterocycles. The SMILES string of the molecule is CCC(C)Oc1cccc(NCc2cc(F)ccc2O)c1. The van der Waals surface area contributed by atoms with E-state index in [1.807, 2.05) is 31.2 Å². The predicted octanol–water partition coefficient (Wildman–Crippen LogP) is 4.32. The second-order valence-electron chi connectivity index (χ2n) is 4.99. The van der Waals surface area contributed by atoms with Crippen LogP contribution in [0.2, 0.25) is 0 Å². The average Bonchev–Trinajstić information content (AvgIpc) is 2.48. The van der Waals surface area contributed by atoms with Crippen LogP contribution < -0.4 is 10.1 Å². The van der Waals surface area contributed by atoms with Gasteiger partial charge < -0.3 is 15.2 Å². The monoisotopic (exact) mass is 289 g/mol. The molecule has 4 heteroatoms. The van der Waals surface area contributed by atoms with E-state index in [1.165, 1.54) is 18.2 Å². The standard InChI is InChI=1S/C17H20FNO2/c1-3-12(2)21-16-6-4-5-15(10-16)19-11-13-9-14(18)7-8-17(13)20/h4-10,12,19-20H,3,11H2,1-2H3. The Morgan fingerprint density at radius 1 is 1.24 bits per heavy atom. The molecule has 0 saturated heterocycles. The highest BCUT2D eigenvalue weighted by atomic mass is 19.1. The van der Waals surface area contributed by atoms with Gasteiger partial charge in [0, 0.05) is 23.9 Å². The smallest absolute Gasteiger partial charge is 0.123 e. The van der Waals surface area contributed by atoms with Gasteiger partial charge in [0.05, 0.1) is 6.10 Å². The first kappa shape index (κ1) is 15.2. The van der Waals surface area contributed by atoms with Crippen LogP contribution in [0.15, 0.2) is 42.5 Å². The fraction of sp³-hybridized carbons (Fsp3) is 0.294. The number of anilines is 1. The second-order valence-corrected chi connectivity index (χ2v) is 4.99. The zero-order valence-corrected chi connectivity index (χ0v) is 12.3. The van der Waals surface area contributed by atoms with E-state index in [1.54, 1.807) is 0 Å². The first-order chi connectivity index (χ1) is 10.1. The molecule has 0 aromatic heterocycles. The van der Waals surface area contributed by atoms with Crippen LogP contribution in [-0.2, 0) is 6.54 Å². The van der Waals surface area contributed by atoms with Crippen molar-refractivity contribution in [3.8, 4) is 11.5 Å². The Balaban J connectivity index is 2.03. The van der Waals surface area contributed by atoms with Gasteiger partial charge in [-0.05, 0) is 43.7 Å². The third-order valence-corrected chi connectivity index (χ3v) is 3.27. The Bertz CT molecular complexity index is 601. The highest BCUT2D eigenvalue weighted by Crippen LogP contribution is 2.22. The maximum Gasteiger partial charge on any atom is 0.123 e. The van der Waals surface area contributed by atoms with Gasteiger partial charge in [0.1, 0.15) is 17.3 Å². The van der Waals surface area contributed by atoms with Crippen LogP contribution in [0.25, 0.3) is 0 Å². The molecule has 2 aromatic rings. The topological polar surface area (TPSA) is 41.5 Å². The average molecular weight is 289 g/mol. The van der Waals surface area contributed by atoms with E-state index in [4.69, 9.17) is 4.74 Å². The summed E-state index contributed by atoms with van der Waals surface area (Å²) >= 11 is 0. The Kier molecular flexibility index (Phi) is 5.04. The van der Waals surface area contributed by atoms with Crippen LogP contribution in [0.3, 0.4) is 0 Å². The van der Waals surface area contributed by atoms with Crippen LogP contribution in [0, 0.1) is 5.82 Å². The molecule has 0 aliphatic carbocycles. The molecule has 0 radical (unpaired) electrons. The maximum atomic E-state index is 13.2. The zero-order chi connectivity index (χ0) is 15.2. The van der Waals surface area contributed by atoms with Crippen molar-refractivity contribution in [2.75, 3.05) is 5.32 Å². The summed E-state index contributed by atoms with van der Waals surface area (Å²) in [5, 5.41) is 12.8. The van der Waals surface area contributed by atoms with Crippen molar-refractivity contribution in [2.24, 2.45) is 0 Å². The van der Waals surface area contributed by atoms with Gasteiger partial charge in [0.25, 0.3) is 0 Å². The molecule has 2 N–H and O–H groups in total. The maximum absolute atomic E-state index is 13.2. The summed E-state index contributed by atoms with van der Waals surface area (Å²) in [5.74, 6) is 0.507. The number of benzene rings is 2. The summed E-state index contributed by atoms with van der Waals surface area (Å²) < 4.78 is 18.9. The van der Waals surface area contributed by atoms with Gasteiger partial charge in [0.15, 0.2) is 0 Å². The lowest BCUT2D eigenvalue weighted by molar-refractivity contribution is 0.217. The van der Waals surface area contributed by atoms with E-state index in [0.29, 0.717) is 12.1 Å². The Morgan fingerprint density at radius 3 is 2.81 bits per heavy atom. The molecule has 21 heavy (non-hydrogen) atoms. The summed E-state index contributed by atoms with van der Waals surface area (Å²) in [5.41, 5.74) is 1.38. The van der Waals surface area contributed by atoms with Crippen LogP contribution in [0.1, 0.15) is 25.8 Å². The number of nitrogens with one attached hydrogen (secondary N) is 1. The van der Waals surface area contributed by atoms with Gasteiger partial charge in [-0.25, -0.2) is 4.39 Å². The van der Waals surface area contributed by atoms with Crippen LogP contribution in [0.4, 0.5) is 10.1 Å². The molecule has 0 bridgehead atoms. The number of halogens is 1. The minimum absolute atomic E-state index is 0.0795. The molecule has 1 unspecified atom stereocenters. The lowest BCUT2D eigenvalue weighted by Crippen LogP contribution is -2.09. The van der Waals surface area contributed by atoms with Gasteiger partial charge in [-0.2, -0.15) is 0 Å². The number of phenols is 1. The molecular formula is C17H20FNO2. The Hall–Kier alpha value is -2.23. The summed E-state index contributed by atoms with van der Waals surface area (Å²) in [6, 6.07) is 11.5. The molecule has 0 amide bonds. The molecule has 0 saturated carbocycles. The third-order valence-electron chi connectivity index (χ3n) is 3.27. The fourth-order valence-corrected chi connectivity index (χ4v) is 1.89. The third kappa shape index (κ3) is 4.38. The van der Waals surface area contributed by atoms with E-state index >= 15 is 0 Å². The number of rotatable bonds is 6. The van der Waals surface area contributed by atoms with Gasteiger partial charge >= 0.3 is 0 Å².